The van der Waals surface area contributed by atoms with Crippen LogP contribution in [0.5, 0.6) is 0 Å². The van der Waals surface area contributed by atoms with E-state index in [-0.39, 0.29) is 5.56 Å². The van der Waals surface area contributed by atoms with Crippen molar-refractivity contribution in [1.82, 2.24) is 9.97 Å². The van der Waals surface area contributed by atoms with Gasteiger partial charge in [0.1, 0.15) is 18.0 Å². The molecule has 16 heavy (non-hydrogen) atoms. The summed E-state index contributed by atoms with van der Waals surface area (Å²) < 4.78 is 26.9. The second-order valence-corrected chi connectivity index (χ2v) is 3.28. The minimum atomic E-state index is -0.901. The summed E-state index contributed by atoms with van der Waals surface area (Å²) in [6.07, 6.45) is 4.20. The molecule has 0 aliphatic carbocycles. The lowest BCUT2D eigenvalue weighted by Crippen LogP contribution is -2.16. The van der Waals surface area contributed by atoms with Crippen LogP contribution in [0, 0.1) is 11.6 Å². The van der Waals surface area contributed by atoms with Gasteiger partial charge in [0.25, 0.3) is 0 Å². The zero-order chi connectivity index (χ0) is 11.5. The summed E-state index contributed by atoms with van der Waals surface area (Å²) in [5.41, 5.74) is 6.05. The molecule has 0 amide bonds. The quantitative estimate of drug-likeness (QED) is 0.841. The maximum absolute atomic E-state index is 13.4. The highest BCUT2D eigenvalue weighted by Crippen LogP contribution is 2.23. The molecule has 0 radical (unpaired) electrons. The second-order valence-electron chi connectivity index (χ2n) is 3.28. The number of benzene rings is 1. The van der Waals surface area contributed by atoms with Gasteiger partial charge in [-0.1, -0.05) is 6.07 Å². The normalized spacial score (nSPS) is 12.4. The molecule has 0 aliphatic heterocycles. The highest BCUT2D eigenvalue weighted by Gasteiger charge is 2.18. The van der Waals surface area contributed by atoms with Gasteiger partial charge in [-0.25, -0.2) is 18.7 Å². The Morgan fingerprint density at radius 3 is 2.19 bits per heavy atom. The van der Waals surface area contributed by atoms with Crippen LogP contribution in [0.15, 0.2) is 36.9 Å². The molecule has 2 N–H and O–H groups in total. The fourth-order valence-electron chi connectivity index (χ4n) is 1.45. The first-order valence-corrected chi connectivity index (χ1v) is 4.64. The van der Waals surface area contributed by atoms with Gasteiger partial charge >= 0.3 is 0 Å². The summed E-state index contributed by atoms with van der Waals surface area (Å²) in [5.74, 6) is -1.34. The van der Waals surface area contributed by atoms with E-state index in [9.17, 15) is 8.78 Å². The molecule has 1 unspecified atom stereocenters. The fraction of sp³-hybridized carbons (Fsp3) is 0.0909. The number of hydrogen-bond donors (Lipinski definition) is 1. The Bertz CT molecular complexity index is 468. The Kier molecular flexibility index (Phi) is 2.87. The standard InChI is InChI=1S/C11H9F2N3/c12-8-2-1-3-9(13)10(8)11(14)7-4-15-6-16-5-7/h1-6,11H,14H2. The van der Waals surface area contributed by atoms with Gasteiger partial charge in [-0.3, -0.25) is 0 Å². The first kappa shape index (κ1) is 10.6. The van der Waals surface area contributed by atoms with Crippen LogP contribution >= 0.6 is 0 Å². The third-order valence-electron chi connectivity index (χ3n) is 2.25. The molecule has 0 spiro atoms. The first-order chi connectivity index (χ1) is 7.70. The predicted octanol–water partition coefficient (Wildman–Crippen LogP) is 1.80. The number of nitrogens with zero attached hydrogens (tertiary/aromatic N) is 2. The molecule has 2 aromatic rings. The summed E-state index contributed by atoms with van der Waals surface area (Å²) in [5, 5.41) is 0. The number of halogens is 2. The minimum Gasteiger partial charge on any atom is -0.320 e. The number of rotatable bonds is 2. The zero-order valence-corrected chi connectivity index (χ0v) is 8.27. The lowest BCUT2D eigenvalue weighted by Gasteiger charge is -2.13. The van der Waals surface area contributed by atoms with Crippen molar-refractivity contribution in [3.05, 3.63) is 59.7 Å². The van der Waals surface area contributed by atoms with E-state index in [2.05, 4.69) is 9.97 Å². The molecule has 1 aromatic heterocycles. The van der Waals surface area contributed by atoms with Crippen LogP contribution in [-0.2, 0) is 0 Å². The van der Waals surface area contributed by atoms with E-state index < -0.39 is 17.7 Å². The molecule has 0 saturated heterocycles. The topological polar surface area (TPSA) is 51.8 Å². The number of aromatic nitrogens is 2. The zero-order valence-electron chi connectivity index (χ0n) is 8.27. The largest absolute Gasteiger partial charge is 0.320 e. The van der Waals surface area contributed by atoms with Crippen molar-refractivity contribution in [1.29, 1.82) is 0 Å². The monoisotopic (exact) mass is 221 g/mol. The smallest absolute Gasteiger partial charge is 0.131 e. The van der Waals surface area contributed by atoms with Gasteiger partial charge in [0.15, 0.2) is 0 Å². The third kappa shape index (κ3) is 1.90. The van der Waals surface area contributed by atoms with Crippen molar-refractivity contribution in [2.24, 2.45) is 5.73 Å². The summed E-state index contributed by atoms with van der Waals surface area (Å²) in [7, 11) is 0. The van der Waals surface area contributed by atoms with Crippen LogP contribution in [0.2, 0.25) is 0 Å². The van der Waals surface area contributed by atoms with Gasteiger partial charge in [0, 0.05) is 23.5 Å². The third-order valence-corrected chi connectivity index (χ3v) is 2.25. The first-order valence-electron chi connectivity index (χ1n) is 4.64. The molecule has 82 valence electrons. The van der Waals surface area contributed by atoms with E-state index in [1.54, 1.807) is 0 Å². The van der Waals surface area contributed by atoms with Gasteiger partial charge in [0.2, 0.25) is 0 Å². The van der Waals surface area contributed by atoms with E-state index >= 15 is 0 Å². The highest BCUT2D eigenvalue weighted by atomic mass is 19.1. The maximum atomic E-state index is 13.4. The predicted molar refractivity (Wildman–Crippen MR) is 54.4 cm³/mol. The summed E-state index contributed by atoms with van der Waals surface area (Å²) in [6, 6.07) is 2.73. The fourth-order valence-corrected chi connectivity index (χ4v) is 1.45. The van der Waals surface area contributed by atoms with Gasteiger partial charge in [-0.2, -0.15) is 0 Å². The van der Waals surface area contributed by atoms with E-state index in [1.165, 1.54) is 36.9 Å². The number of nitrogens with two attached hydrogens (primary N) is 1. The van der Waals surface area contributed by atoms with Crippen LogP contribution in [0.3, 0.4) is 0 Å². The Hall–Kier alpha value is -1.88. The van der Waals surface area contributed by atoms with Gasteiger partial charge < -0.3 is 5.73 Å². The minimum absolute atomic E-state index is 0.169. The Labute approximate surface area is 91.0 Å². The number of hydrogen-bond acceptors (Lipinski definition) is 3. The lowest BCUT2D eigenvalue weighted by atomic mass is 10.0. The molecule has 0 aliphatic rings. The lowest BCUT2D eigenvalue weighted by molar-refractivity contribution is 0.543. The molecular weight excluding hydrogens is 212 g/mol. The molecule has 1 atom stereocenters. The van der Waals surface area contributed by atoms with Crippen LogP contribution in [-0.4, -0.2) is 9.97 Å². The Morgan fingerprint density at radius 1 is 1.06 bits per heavy atom. The SMILES string of the molecule is NC(c1cncnc1)c1c(F)cccc1F. The van der Waals surface area contributed by atoms with Crippen molar-refractivity contribution in [3.8, 4) is 0 Å². The molecule has 1 aromatic carbocycles. The van der Waals surface area contributed by atoms with Crippen LogP contribution in [0.25, 0.3) is 0 Å². The van der Waals surface area contributed by atoms with Crippen LogP contribution in [0.4, 0.5) is 8.78 Å². The van der Waals surface area contributed by atoms with Crippen LogP contribution in [0.1, 0.15) is 17.2 Å². The molecule has 0 saturated carbocycles. The van der Waals surface area contributed by atoms with E-state index in [1.807, 2.05) is 0 Å². The van der Waals surface area contributed by atoms with E-state index in [0.717, 1.165) is 0 Å². The molecule has 2 rings (SSSR count). The van der Waals surface area contributed by atoms with Gasteiger partial charge in [0.05, 0.1) is 6.04 Å². The highest BCUT2D eigenvalue weighted by molar-refractivity contribution is 5.30. The van der Waals surface area contributed by atoms with E-state index in [0.29, 0.717) is 5.56 Å². The van der Waals surface area contributed by atoms with Gasteiger partial charge in [-0.05, 0) is 12.1 Å². The summed E-state index contributed by atoms with van der Waals surface area (Å²) in [6.45, 7) is 0. The average molecular weight is 221 g/mol. The molecule has 0 bridgehead atoms. The van der Waals surface area contributed by atoms with Crippen molar-refractivity contribution in [3.63, 3.8) is 0 Å². The molecular formula is C11H9F2N3. The average Bonchev–Trinajstić information content (AvgIpc) is 2.30. The Balaban J connectivity index is 2.46. The van der Waals surface area contributed by atoms with Crippen LogP contribution < -0.4 is 5.73 Å². The molecule has 5 heteroatoms. The van der Waals surface area contributed by atoms with Crippen molar-refractivity contribution >= 4 is 0 Å². The summed E-state index contributed by atoms with van der Waals surface area (Å²) >= 11 is 0. The van der Waals surface area contributed by atoms with Crippen molar-refractivity contribution < 1.29 is 8.78 Å². The maximum Gasteiger partial charge on any atom is 0.131 e. The van der Waals surface area contributed by atoms with Gasteiger partial charge in [-0.15, -0.1) is 0 Å². The van der Waals surface area contributed by atoms with Crippen molar-refractivity contribution in [2.75, 3.05) is 0 Å². The molecule has 1 heterocycles. The van der Waals surface area contributed by atoms with Crippen molar-refractivity contribution in [2.45, 2.75) is 6.04 Å². The molecule has 0 fully saturated rings. The molecule has 3 nitrogen and oxygen atoms in total. The van der Waals surface area contributed by atoms with E-state index in [4.69, 9.17) is 5.73 Å². The second kappa shape index (κ2) is 4.32. The summed E-state index contributed by atoms with van der Waals surface area (Å²) in [4.78, 5) is 7.51. The Morgan fingerprint density at radius 2 is 1.62 bits per heavy atom.